The summed E-state index contributed by atoms with van der Waals surface area (Å²) in [5, 5.41) is 0. The van der Waals surface area contributed by atoms with E-state index in [1.165, 1.54) is 0 Å². The van der Waals surface area contributed by atoms with E-state index in [9.17, 15) is 14.4 Å². The predicted molar refractivity (Wildman–Crippen MR) is 82.9 cm³/mol. The number of halogens is 2. The number of hydrogen-bond acceptors (Lipinski definition) is 3. The molecule has 0 spiro atoms. The van der Waals surface area contributed by atoms with Crippen molar-refractivity contribution in [1.82, 2.24) is 4.57 Å². The van der Waals surface area contributed by atoms with Crippen LogP contribution in [-0.2, 0) is 7.05 Å². The van der Waals surface area contributed by atoms with E-state index in [0.717, 1.165) is 0 Å². The number of allylic oxidation sites excluding steroid dienone is 2. The molecule has 0 fully saturated rings. The van der Waals surface area contributed by atoms with Gasteiger partial charge in [-0.1, -0.05) is 13.8 Å². The van der Waals surface area contributed by atoms with Gasteiger partial charge in [-0.15, -0.1) is 0 Å². The monoisotopic (exact) mass is 401 g/mol. The average molecular weight is 403 g/mol. The van der Waals surface area contributed by atoms with Crippen molar-refractivity contribution in [1.29, 1.82) is 0 Å². The Morgan fingerprint density at radius 3 is 2.10 bits per heavy atom. The number of ketones is 3. The summed E-state index contributed by atoms with van der Waals surface area (Å²) in [5.41, 5.74) is 1.47. The van der Waals surface area contributed by atoms with Crippen molar-refractivity contribution in [2.75, 3.05) is 0 Å². The summed E-state index contributed by atoms with van der Waals surface area (Å²) in [5.74, 6) is -0.992. The van der Waals surface area contributed by atoms with Gasteiger partial charge in [-0.3, -0.25) is 14.4 Å². The number of carbonyl (C=O) groups excluding carboxylic acids is 3. The zero-order valence-electron chi connectivity index (χ0n) is 11.5. The van der Waals surface area contributed by atoms with Crippen LogP contribution < -0.4 is 0 Å². The van der Waals surface area contributed by atoms with E-state index < -0.39 is 0 Å². The minimum atomic E-state index is -0.334. The fourth-order valence-electron chi connectivity index (χ4n) is 2.29. The number of rotatable bonds is 2. The molecule has 0 saturated carbocycles. The Morgan fingerprint density at radius 2 is 1.60 bits per heavy atom. The lowest BCUT2D eigenvalue weighted by Gasteiger charge is -2.13. The first-order valence-electron chi connectivity index (χ1n) is 6.08. The van der Waals surface area contributed by atoms with Gasteiger partial charge in [0.15, 0.2) is 5.78 Å². The number of hydrogen-bond donors (Lipinski definition) is 0. The van der Waals surface area contributed by atoms with Crippen molar-refractivity contribution in [3.63, 3.8) is 0 Å². The molecule has 1 aliphatic rings. The lowest BCUT2D eigenvalue weighted by atomic mass is 9.91. The zero-order valence-corrected chi connectivity index (χ0v) is 14.7. The molecule has 20 heavy (non-hydrogen) atoms. The minimum absolute atomic E-state index is 0.126. The number of nitrogens with zero attached hydrogens (tertiary/aromatic N) is 1. The smallest absolute Gasteiger partial charge is 0.218 e. The molecule has 0 aromatic carbocycles. The van der Waals surface area contributed by atoms with Crippen LogP contribution in [0.3, 0.4) is 0 Å². The highest BCUT2D eigenvalue weighted by Gasteiger charge is 2.38. The summed E-state index contributed by atoms with van der Waals surface area (Å²) in [4.78, 5) is 37.1. The Labute approximate surface area is 133 Å². The first kappa shape index (κ1) is 15.4. The quantitative estimate of drug-likeness (QED) is 0.710. The summed E-state index contributed by atoms with van der Waals surface area (Å²) >= 11 is 6.25. The third-order valence-electron chi connectivity index (χ3n) is 3.49. The van der Waals surface area contributed by atoms with Crippen LogP contribution in [0.1, 0.15) is 50.7 Å². The molecule has 1 aromatic rings. The van der Waals surface area contributed by atoms with E-state index in [4.69, 9.17) is 0 Å². The molecular formula is C14H13Br2NO3. The van der Waals surface area contributed by atoms with Crippen LogP contribution >= 0.6 is 31.9 Å². The molecule has 2 rings (SSSR count). The van der Waals surface area contributed by atoms with Gasteiger partial charge < -0.3 is 4.57 Å². The van der Waals surface area contributed by atoms with Crippen LogP contribution in [0, 0.1) is 12.8 Å². The molecule has 0 N–H and O–H groups in total. The molecule has 106 valence electrons. The van der Waals surface area contributed by atoms with Crippen LogP contribution in [0.15, 0.2) is 8.96 Å². The van der Waals surface area contributed by atoms with Crippen LogP contribution in [0.4, 0.5) is 0 Å². The summed E-state index contributed by atoms with van der Waals surface area (Å²) in [6.45, 7) is 5.30. The summed E-state index contributed by atoms with van der Waals surface area (Å²) in [6, 6.07) is 0. The molecule has 1 aliphatic carbocycles. The van der Waals surface area contributed by atoms with Gasteiger partial charge in [0.1, 0.15) is 5.69 Å². The third-order valence-corrected chi connectivity index (χ3v) is 5.54. The number of Topliss-reactive ketones (excluding diaryl/α,β-unsaturated/α-hetero) is 3. The molecule has 0 aliphatic heterocycles. The van der Waals surface area contributed by atoms with Gasteiger partial charge in [-0.25, -0.2) is 0 Å². The average Bonchev–Trinajstić information content (AvgIpc) is 2.66. The van der Waals surface area contributed by atoms with E-state index in [2.05, 4.69) is 31.9 Å². The molecule has 0 saturated heterocycles. The van der Waals surface area contributed by atoms with Crippen molar-refractivity contribution in [2.24, 2.45) is 13.0 Å². The molecule has 1 aromatic heterocycles. The molecule has 0 atom stereocenters. The van der Waals surface area contributed by atoms with Gasteiger partial charge in [0, 0.05) is 18.7 Å². The Bertz CT molecular complexity index is 696. The van der Waals surface area contributed by atoms with E-state index in [1.54, 1.807) is 32.4 Å². The fourth-order valence-corrected chi connectivity index (χ4v) is 3.04. The van der Waals surface area contributed by atoms with Crippen LogP contribution in [0.25, 0.3) is 0 Å². The maximum absolute atomic E-state index is 12.4. The van der Waals surface area contributed by atoms with Crippen molar-refractivity contribution < 1.29 is 14.4 Å². The van der Waals surface area contributed by atoms with Crippen molar-refractivity contribution in [3.8, 4) is 0 Å². The lowest BCUT2D eigenvalue weighted by molar-refractivity contribution is 0.0928. The van der Waals surface area contributed by atoms with E-state index >= 15 is 0 Å². The molecule has 0 unspecified atom stereocenters. The minimum Gasteiger partial charge on any atom is -0.344 e. The second-order valence-electron chi connectivity index (χ2n) is 5.05. The molecule has 0 amide bonds. The normalized spacial score (nSPS) is 15.2. The van der Waals surface area contributed by atoms with Gasteiger partial charge >= 0.3 is 0 Å². The van der Waals surface area contributed by atoms with E-state index in [1.807, 2.05) is 0 Å². The topological polar surface area (TPSA) is 56.1 Å². The molecule has 0 radical (unpaired) electrons. The summed E-state index contributed by atoms with van der Waals surface area (Å²) < 4.78 is 1.98. The van der Waals surface area contributed by atoms with Crippen molar-refractivity contribution in [3.05, 3.63) is 31.5 Å². The SMILES string of the molecule is Cc1c(C(=O)C(C)C)c2c(n1C)C(=O)C(Br)=C(Br)C2=O. The Hall–Kier alpha value is -1.01. The molecule has 6 heteroatoms. The highest BCUT2D eigenvalue weighted by Crippen LogP contribution is 2.37. The molecule has 0 bridgehead atoms. The summed E-state index contributed by atoms with van der Waals surface area (Å²) in [6.07, 6.45) is 0. The maximum atomic E-state index is 12.4. The van der Waals surface area contributed by atoms with Gasteiger partial charge in [0.25, 0.3) is 0 Å². The van der Waals surface area contributed by atoms with E-state index in [-0.39, 0.29) is 43.5 Å². The van der Waals surface area contributed by atoms with Crippen molar-refractivity contribution in [2.45, 2.75) is 20.8 Å². The number of fused-ring (bicyclic) bond motifs is 1. The number of carbonyl (C=O) groups is 3. The van der Waals surface area contributed by atoms with Crippen LogP contribution in [0.5, 0.6) is 0 Å². The van der Waals surface area contributed by atoms with Crippen LogP contribution in [0.2, 0.25) is 0 Å². The number of aromatic nitrogens is 1. The first-order valence-corrected chi connectivity index (χ1v) is 7.66. The van der Waals surface area contributed by atoms with Gasteiger partial charge in [-0.2, -0.15) is 0 Å². The molecular weight excluding hydrogens is 390 g/mol. The standard InChI is InChI=1S/C14H13Br2NO3/c1-5(2)12(18)7-6(3)17(4)11-8(7)13(19)9(15)10(16)14(11)20/h5H,1-4H3. The van der Waals surface area contributed by atoms with Crippen LogP contribution in [-0.4, -0.2) is 21.9 Å². The third kappa shape index (κ3) is 1.97. The van der Waals surface area contributed by atoms with Crippen molar-refractivity contribution >= 4 is 49.2 Å². The summed E-state index contributed by atoms with van der Waals surface area (Å²) in [7, 11) is 1.69. The highest BCUT2D eigenvalue weighted by molar-refractivity contribution is 9.14. The lowest BCUT2D eigenvalue weighted by Crippen LogP contribution is -2.21. The predicted octanol–water partition coefficient (Wildman–Crippen LogP) is 3.55. The Kier molecular flexibility index (Phi) is 3.90. The van der Waals surface area contributed by atoms with Gasteiger partial charge in [0.05, 0.1) is 20.1 Å². The Morgan fingerprint density at radius 1 is 1.10 bits per heavy atom. The second-order valence-corrected chi connectivity index (χ2v) is 6.63. The van der Waals surface area contributed by atoms with E-state index in [0.29, 0.717) is 11.3 Å². The zero-order chi connectivity index (χ0) is 15.4. The van der Waals surface area contributed by atoms with Gasteiger partial charge in [-0.05, 0) is 38.8 Å². The molecule has 1 heterocycles. The highest BCUT2D eigenvalue weighted by atomic mass is 79.9. The maximum Gasteiger partial charge on any atom is 0.218 e. The molecule has 4 nitrogen and oxygen atoms in total. The first-order chi connectivity index (χ1) is 9.20. The van der Waals surface area contributed by atoms with Gasteiger partial charge in [0.2, 0.25) is 11.6 Å². The Balaban J connectivity index is 2.85. The fraction of sp³-hybridized carbons (Fsp3) is 0.357. The largest absolute Gasteiger partial charge is 0.344 e. The second kappa shape index (κ2) is 5.07.